The van der Waals surface area contributed by atoms with Gasteiger partial charge in [0.25, 0.3) is 5.91 Å². The molecular formula is C27H29FN2O3. The number of amides is 2. The summed E-state index contributed by atoms with van der Waals surface area (Å²) in [6.45, 7) is 4.11. The maximum absolute atomic E-state index is 14.0. The van der Waals surface area contributed by atoms with Gasteiger partial charge < -0.3 is 15.0 Å². The molecule has 1 N–H and O–H groups in total. The van der Waals surface area contributed by atoms with Crippen LogP contribution in [0.5, 0.6) is 5.75 Å². The van der Waals surface area contributed by atoms with E-state index in [0.29, 0.717) is 13.0 Å². The number of benzene rings is 3. The molecule has 0 aliphatic rings. The predicted octanol–water partition coefficient (Wildman–Crippen LogP) is 4.29. The number of nitrogens with zero attached hydrogens (tertiary/aromatic N) is 1. The van der Waals surface area contributed by atoms with Gasteiger partial charge in [-0.2, -0.15) is 0 Å². The summed E-state index contributed by atoms with van der Waals surface area (Å²) in [6, 6.07) is 22.5. The van der Waals surface area contributed by atoms with Crippen LogP contribution in [-0.4, -0.2) is 35.9 Å². The lowest BCUT2D eigenvalue weighted by Gasteiger charge is -2.31. The standard InChI is InChI=1S/C27H29FN2O3/c1-3-29-27(32)24(17-21-12-5-4-6-13-21)30(18-22-14-8-7-11-20(22)2)26(31)19-33-25-16-10-9-15-23(25)28/h4-16,24H,3,17-19H2,1-2H3,(H,29,32)/t24-/m0/s1. The molecular weight excluding hydrogens is 419 g/mol. The normalized spacial score (nSPS) is 11.5. The molecule has 0 aliphatic heterocycles. The average Bonchev–Trinajstić information content (AvgIpc) is 2.82. The predicted molar refractivity (Wildman–Crippen MR) is 126 cm³/mol. The molecule has 0 aromatic heterocycles. The van der Waals surface area contributed by atoms with Gasteiger partial charge in [-0.3, -0.25) is 9.59 Å². The molecule has 0 bridgehead atoms. The molecule has 3 rings (SSSR count). The van der Waals surface area contributed by atoms with Crippen LogP contribution in [0.25, 0.3) is 0 Å². The second kappa shape index (κ2) is 11.8. The van der Waals surface area contributed by atoms with Crippen LogP contribution in [-0.2, 0) is 22.6 Å². The molecule has 0 spiro atoms. The Bertz CT molecular complexity index is 1070. The van der Waals surface area contributed by atoms with E-state index < -0.39 is 17.8 Å². The Kier molecular flexibility index (Phi) is 8.58. The quantitative estimate of drug-likeness (QED) is 0.503. The first kappa shape index (κ1) is 24.0. The van der Waals surface area contributed by atoms with Crippen LogP contribution < -0.4 is 10.1 Å². The highest BCUT2D eigenvalue weighted by Crippen LogP contribution is 2.19. The highest BCUT2D eigenvalue weighted by molar-refractivity contribution is 5.88. The van der Waals surface area contributed by atoms with E-state index in [2.05, 4.69) is 5.32 Å². The SMILES string of the molecule is CCNC(=O)[C@H](Cc1ccccc1)N(Cc1ccccc1C)C(=O)COc1ccccc1F. The van der Waals surface area contributed by atoms with Crippen molar-refractivity contribution in [2.45, 2.75) is 32.9 Å². The topological polar surface area (TPSA) is 58.6 Å². The fourth-order valence-corrected chi connectivity index (χ4v) is 3.60. The van der Waals surface area contributed by atoms with Gasteiger partial charge in [0.15, 0.2) is 18.2 Å². The molecule has 2 amide bonds. The molecule has 0 fully saturated rings. The first-order valence-electron chi connectivity index (χ1n) is 11.0. The molecule has 3 aromatic rings. The Morgan fingerprint density at radius 2 is 1.64 bits per heavy atom. The zero-order chi connectivity index (χ0) is 23.6. The molecule has 33 heavy (non-hydrogen) atoms. The third-order valence-electron chi connectivity index (χ3n) is 5.41. The summed E-state index contributed by atoms with van der Waals surface area (Å²) in [6.07, 6.45) is 0.351. The van der Waals surface area contributed by atoms with Gasteiger partial charge in [-0.15, -0.1) is 0 Å². The lowest BCUT2D eigenvalue weighted by atomic mass is 10.0. The van der Waals surface area contributed by atoms with E-state index in [4.69, 9.17) is 4.74 Å². The minimum absolute atomic E-state index is 0.000638. The third-order valence-corrected chi connectivity index (χ3v) is 5.41. The van der Waals surface area contributed by atoms with Crippen LogP contribution in [0, 0.1) is 12.7 Å². The lowest BCUT2D eigenvalue weighted by Crippen LogP contribution is -2.51. The van der Waals surface area contributed by atoms with Crippen molar-refractivity contribution >= 4 is 11.8 Å². The van der Waals surface area contributed by atoms with Crippen LogP contribution >= 0.6 is 0 Å². The van der Waals surface area contributed by atoms with Crippen LogP contribution in [0.15, 0.2) is 78.9 Å². The van der Waals surface area contributed by atoms with E-state index in [0.717, 1.165) is 16.7 Å². The van der Waals surface area contributed by atoms with Gasteiger partial charge in [0.1, 0.15) is 6.04 Å². The molecule has 1 atom stereocenters. The van der Waals surface area contributed by atoms with E-state index in [1.807, 2.05) is 68.4 Å². The smallest absolute Gasteiger partial charge is 0.261 e. The second-order valence-electron chi connectivity index (χ2n) is 7.77. The Labute approximate surface area is 194 Å². The van der Waals surface area contributed by atoms with Gasteiger partial charge in [0, 0.05) is 19.5 Å². The molecule has 0 aliphatic carbocycles. The second-order valence-corrected chi connectivity index (χ2v) is 7.77. The summed E-state index contributed by atoms with van der Waals surface area (Å²) >= 11 is 0. The summed E-state index contributed by atoms with van der Waals surface area (Å²) in [5, 5.41) is 2.85. The third kappa shape index (κ3) is 6.65. The fraction of sp³-hybridized carbons (Fsp3) is 0.259. The van der Waals surface area contributed by atoms with Gasteiger partial charge in [-0.1, -0.05) is 66.7 Å². The molecule has 5 nitrogen and oxygen atoms in total. The van der Waals surface area contributed by atoms with Crippen molar-refractivity contribution in [2.24, 2.45) is 0 Å². The van der Waals surface area contributed by atoms with Gasteiger partial charge >= 0.3 is 0 Å². The van der Waals surface area contributed by atoms with Crippen molar-refractivity contribution in [1.29, 1.82) is 0 Å². The lowest BCUT2D eigenvalue weighted by molar-refractivity contribution is -0.142. The minimum atomic E-state index is -0.747. The number of para-hydroxylation sites is 1. The van der Waals surface area contributed by atoms with Crippen molar-refractivity contribution in [3.63, 3.8) is 0 Å². The van der Waals surface area contributed by atoms with Crippen molar-refractivity contribution < 1.29 is 18.7 Å². The molecule has 0 saturated carbocycles. The number of hydrogen-bond donors (Lipinski definition) is 1. The largest absolute Gasteiger partial charge is 0.481 e. The monoisotopic (exact) mass is 448 g/mol. The van der Waals surface area contributed by atoms with Crippen molar-refractivity contribution in [1.82, 2.24) is 10.2 Å². The Morgan fingerprint density at radius 3 is 2.33 bits per heavy atom. The van der Waals surface area contributed by atoms with E-state index in [1.165, 1.54) is 17.0 Å². The molecule has 6 heteroatoms. The first-order chi connectivity index (χ1) is 16.0. The van der Waals surface area contributed by atoms with Gasteiger partial charge in [-0.25, -0.2) is 4.39 Å². The van der Waals surface area contributed by atoms with Crippen molar-refractivity contribution in [2.75, 3.05) is 13.2 Å². The maximum Gasteiger partial charge on any atom is 0.261 e. The first-order valence-corrected chi connectivity index (χ1v) is 11.0. The number of hydrogen-bond acceptors (Lipinski definition) is 3. The molecule has 0 radical (unpaired) electrons. The number of likely N-dealkylation sites (N-methyl/N-ethyl adjacent to an activating group) is 1. The molecule has 0 unspecified atom stereocenters. The van der Waals surface area contributed by atoms with Crippen molar-refractivity contribution in [3.05, 3.63) is 101 Å². The van der Waals surface area contributed by atoms with Crippen LogP contribution in [0.4, 0.5) is 4.39 Å². The van der Waals surface area contributed by atoms with Crippen molar-refractivity contribution in [3.8, 4) is 5.75 Å². The Balaban J connectivity index is 1.91. The number of ether oxygens (including phenoxy) is 1. The number of nitrogens with one attached hydrogen (secondary N) is 1. The molecule has 172 valence electrons. The van der Waals surface area contributed by atoms with Gasteiger partial charge in [0.05, 0.1) is 0 Å². The summed E-state index contributed by atoms with van der Waals surface area (Å²) < 4.78 is 19.5. The van der Waals surface area contributed by atoms with Crippen LogP contribution in [0.1, 0.15) is 23.6 Å². The number of rotatable bonds is 10. The number of aryl methyl sites for hydroxylation is 1. The number of carbonyl (C=O) groups is 2. The summed E-state index contributed by atoms with van der Waals surface area (Å²) in [4.78, 5) is 28.0. The van der Waals surface area contributed by atoms with Crippen LogP contribution in [0.2, 0.25) is 0 Å². The average molecular weight is 449 g/mol. The van der Waals surface area contributed by atoms with Crippen LogP contribution in [0.3, 0.4) is 0 Å². The van der Waals surface area contributed by atoms with E-state index in [-0.39, 0.29) is 24.8 Å². The number of halogens is 1. The zero-order valence-corrected chi connectivity index (χ0v) is 19.0. The van der Waals surface area contributed by atoms with Gasteiger partial charge in [0.2, 0.25) is 5.91 Å². The summed E-state index contributed by atoms with van der Waals surface area (Å²) in [5.41, 5.74) is 2.88. The summed E-state index contributed by atoms with van der Waals surface area (Å²) in [7, 11) is 0. The highest BCUT2D eigenvalue weighted by Gasteiger charge is 2.30. The zero-order valence-electron chi connectivity index (χ0n) is 19.0. The van der Waals surface area contributed by atoms with E-state index in [9.17, 15) is 14.0 Å². The highest BCUT2D eigenvalue weighted by atomic mass is 19.1. The molecule has 0 heterocycles. The maximum atomic E-state index is 14.0. The van der Waals surface area contributed by atoms with E-state index >= 15 is 0 Å². The minimum Gasteiger partial charge on any atom is -0.481 e. The van der Waals surface area contributed by atoms with E-state index in [1.54, 1.807) is 12.1 Å². The molecule has 0 saturated heterocycles. The van der Waals surface area contributed by atoms with Gasteiger partial charge in [-0.05, 0) is 42.7 Å². The fourth-order valence-electron chi connectivity index (χ4n) is 3.60. The Morgan fingerprint density at radius 1 is 0.970 bits per heavy atom. The Hall–Kier alpha value is -3.67. The summed E-state index contributed by atoms with van der Waals surface area (Å²) in [5.74, 6) is -1.18. The number of carbonyl (C=O) groups excluding carboxylic acids is 2. The molecule has 3 aromatic carbocycles.